The van der Waals surface area contributed by atoms with Crippen LogP contribution in [0.15, 0.2) is 24.4 Å². The summed E-state index contributed by atoms with van der Waals surface area (Å²) >= 11 is 0. The number of hydrogen-bond acceptors (Lipinski definition) is 2. The van der Waals surface area contributed by atoms with Gasteiger partial charge in [-0.1, -0.05) is 0 Å². The van der Waals surface area contributed by atoms with Crippen molar-refractivity contribution in [2.24, 2.45) is 0 Å². The molecule has 1 heterocycles. The molecule has 4 nitrogen and oxygen atoms in total. The zero-order valence-corrected chi connectivity index (χ0v) is 11.7. The summed E-state index contributed by atoms with van der Waals surface area (Å²) in [7, 11) is 1.61. The Morgan fingerprint density at radius 3 is 2.53 bits per heavy atom. The third-order valence-corrected chi connectivity index (χ3v) is 3.46. The number of aliphatic carboxylic acids is 1. The Morgan fingerprint density at radius 1 is 1.32 bits per heavy atom. The van der Waals surface area contributed by atoms with Crippen molar-refractivity contribution < 1.29 is 14.6 Å². The van der Waals surface area contributed by atoms with Crippen LogP contribution in [-0.4, -0.2) is 22.8 Å². The zero-order chi connectivity index (χ0) is 14.2. The molecule has 2 aromatic rings. The maximum atomic E-state index is 11.2. The molecule has 0 aliphatic rings. The Balaban J connectivity index is 2.71. The number of benzene rings is 1. The summed E-state index contributed by atoms with van der Waals surface area (Å²) in [5.74, 6) is -0.604. The normalized spacial score (nSPS) is 12.9. The molecule has 0 amide bonds. The average molecular weight is 261 g/mol. The SMILES string of the molecule is COc1ccc2c(c1)c(C(C)C(=O)O)cn2C(C)C. The number of fused-ring (bicyclic) bond motifs is 1. The molecular weight excluding hydrogens is 242 g/mol. The number of carbonyl (C=O) groups is 1. The third kappa shape index (κ3) is 2.30. The predicted octanol–water partition coefficient (Wildman–Crippen LogP) is 3.42. The molecule has 0 aliphatic carbocycles. The molecular formula is C15H19NO3. The van der Waals surface area contributed by atoms with Gasteiger partial charge in [0.1, 0.15) is 5.75 Å². The fourth-order valence-electron chi connectivity index (χ4n) is 2.29. The fraction of sp³-hybridized carbons (Fsp3) is 0.400. The fourth-order valence-corrected chi connectivity index (χ4v) is 2.29. The van der Waals surface area contributed by atoms with E-state index >= 15 is 0 Å². The van der Waals surface area contributed by atoms with Gasteiger partial charge in [-0.05, 0) is 44.5 Å². The monoisotopic (exact) mass is 261 g/mol. The highest BCUT2D eigenvalue weighted by molar-refractivity contribution is 5.90. The molecule has 0 saturated carbocycles. The predicted molar refractivity (Wildman–Crippen MR) is 74.9 cm³/mol. The van der Waals surface area contributed by atoms with E-state index in [9.17, 15) is 9.90 Å². The van der Waals surface area contributed by atoms with Gasteiger partial charge in [0.15, 0.2) is 0 Å². The van der Waals surface area contributed by atoms with Gasteiger partial charge in [-0.15, -0.1) is 0 Å². The Kier molecular flexibility index (Phi) is 3.51. The van der Waals surface area contributed by atoms with E-state index in [0.29, 0.717) is 0 Å². The average Bonchev–Trinajstić information content (AvgIpc) is 2.76. The van der Waals surface area contributed by atoms with E-state index in [1.807, 2.05) is 24.4 Å². The van der Waals surface area contributed by atoms with Crippen LogP contribution < -0.4 is 4.74 Å². The molecule has 1 aromatic heterocycles. The Morgan fingerprint density at radius 2 is 2.00 bits per heavy atom. The van der Waals surface area contributed by atoms with Crippen molar-refractivity contribution in [3.8, 4) is 5.75 Å². The second-order valence-electron chi connectivity index (χ2n) is 5.03. The van der Waals surface area contributed by atoms with Gasteiger partial charge in [0, 0.05) is 23.1 Å². The molecule has 2 rings (SSSR count). The molecule has 0 saturated heterocycles. The molecule has 1 atom stereocenters. The number of methoxy groups -OCH3 is 1. The van der Waals surface area contributed by atoms with Crippen LogP contribution in [0.2, 0.25) is 0 Å². The molecule has 0 aliphatic heterocycles. The Bertz CT molecular complexity index is 613. The van der Waals surface area contributed by atoms with Crippen LogP contribution in [-0.2, 0) is 4.79 Å². The van der Waals surface area contributed by atoms with Crippen molar-refractivity contribution in [2.45, 2.75) is 32.7 Å². The largest absolute Gasteiger partial charge is 0.497 e. The maximum absolute atomic E-state index is 11.2. The topological polar surface area (TPSA) is 51.5 Å². The first kappa shape index (κ1) is 13.5. The maximum Gasteiger partial charge on any atom is 0.310 e. The lowest BCUT2D eigenvalue weighted by molar-refractivity contribution is -0.138. The number of carboxylic acid groups (broad SMARTS) is 1. The van der Waals surface area contributed by atoms with E-state index in [4.69, 9.17) is 4.74 Å². The third-order valence-electron chi connectivity index (χ3n) is 3.46. The molecule has 0 spiro atoms. The molecule has 1 aromatic carbocycles. The lowest BCUT2D eigenvalue weighted by atomic mass is 10.0. The Labute approximate surface area is 112 Å². The van der Waals surface area contributed by atoms with Gasteiger partial charge < -0.3 is 14.4 Å². The summed E-state index contributed by atoms with van der Waals surface area (Å²) in [6, 6.07) is 6.07. The van der Waals surface area contributed by atoms with Gasteiger partial charge in [0.05, 0.1) is 13.0 Å². The summed E-state index contributed by atoms with van der Waals surface area (Å²) < 4.78 is 7.33. The van der Waals surface area contributed by atoms with Gasteiger partial charge in [-0.2, -0.15) is 0 Å². The smallest absolute Gasteiger partial charge is 0.310 e. The molecule has 19 heavy (non-hydrogen) atoms. The number of aromatic nitrogens is 1. The lowest BCUT2D eigenvalue weighted by Crippen LogP contribution is -2.07. The number of nitrogens with zero attached hydrogens (tertiary/aromatic N) is 1. The molecule has 0 bridgehead atoms. The van der Waals surface area contributed by atoms with E-state index in [0.717, 1.165) is 22.2 Å². The van der Waals surface area contributed by atoms with Crippen molar-refractivity contribution in [3.05, 3.63) is 30.0 Å². The van der Waals surface area contributed by atoms with E-state index in [1.165, 1.54) is 0 Å². The highest BCUT2D eigenvalue weighted by Crippen LogP contribution is 2.32. The summed E-state index contributed by atoms with van der Waals surface area (Å²) in [6.07, 6.45) is 1.94. The molecule has 1 unspecified atom stereocenters. The zero-order valence-electron chi connectivity index (χ0n) is 11.7. The van der Waals surface area contributed by atoms with Crippen LogP contribution in [0.5, 0.6) is 5.75 Å². The van der Waals surface area contributed by atoms with Gasteiger partial charge in [0.25, 0.3) is 0 Å². The molecule has 102 valence electrons. The first-order valence-corrected chi connectivity index (χ1v) is 6.37. The molecule has 0 radical (unpaired) electrons. The van der Waals surface area contributed by atoms with Crippen molar-refractivity contribution in [2.75, 3.05) is 7.11 Å². The van der Waals surface area contributed by atoms with Crippen molar-refractivity contribution in [1.82, 2.24) is 4.57 Å². The second kappa shape index (κ2) is 4.96. The number of carboxylic acids is 1. The van der Waals surface area contributed by atoms with E-state index in [-0.39, 0.29) is 6.04 Å². The standard InChI is InChI=1S/C15H19NO3/c1-9(2)16-8-13(10(3)15(17)18)12-7-11(19-4)5-6-14(12)16/h5-10H,1-4H3,(H,17,18). The summed E-state index contributed by atoms with van der Waals surface area (Å²) in [6.45, 7) is 5.87. The summed E-state index contributed by atoms with van der Waals surface area (Å²) in [4.78, 5) is 11.2. The minimum atomic E-state index is -0.814. The molecule has 4 heteroatoms. The van der Waals surface area contributed by atoms with Gasteiger partial charge in [-0.3, -0.25) is 4.79 Å². The number of ether oxygens (including phenoxy) is 1. The minimum absolute atomic E-state index is 0.283. The number of hydrogen-bond donors (Lipinski definition) is 1. The molecule has 1 N–H and O–H groups in total. The van der Waals surface area contributed by atoms with Crippen molar-refractivity contribution in [1.29, 1.82) is 0 Å². The van der Waals surface area contributed by atoms with E-state index < -0.39 is 11.9 Å². The van der Waals surface area contributed by atoms with E-state index in [1.54, 1.807) is 14.0 Å². The van der Waals surface area contributed by atoms with Crippen LogP contribution >= 0.6 is 0 Å². The number of rotatable bonds is 4. The minimum Gasteiger partial charge on any atom is -0.497 e. The van der Waals surface area contributed by atoms with Crippen LogP contribution in [0.4, 0.5) is 0 Å². The quantitative estimate of drug-likeness (QED) is 0.917. The first-order chi connectivity index (χ1) is 8.95. The van der Waals surface area contributed by atoms with Crippen LogP contribution in [0.3, 0.4) is 0 Å². The Hall–Kier alpha value is -1.97. The van der Waals surface area contributed by atoms with Crippen LogP contribution in [0.1, 0.15) is 38.3 Å². The van der Waals surface area contributed by atoms with Crippen molar-refractivity contribution >= 4 is 16.9 Å². The van der Waals surface area contributed by atoms with Gasteiger partial charge in [-0.25, -0.2) is 0 Å². The van der Waals surface area contributed by atoms with Crippen LogP contribution in [0.25, 0.3) is 10.9 Å². The second-order valence-corrected chi connectivity index (χ2v) is 5.03. The summed E-state index contributed by atoms with van der Waals surface area (Å²) in [5, 5.41) is 10.2. The van der Waals surface area contributed by atoms with Crippen molar-refractivity contribution in [3.63, 3.8) is 0 Å². The highest BCUT2D eigenvalue weighted by Gasteiger charge is 2.20. The summed E-state index contributed by atoms with van der Waals surface area (Å²) in [5.41, 5.74) is 1.87. The van der Waals surface area contributed by atoms with Crippen LogP contribution in [0, 0.1) is 0 Å². The first-order valence-electron chi connectivity index (χ1n) is 6.37. The van der Waals surface area contributed by atoms with Gasteiger partial charge in [0.2, 0.25) is 0 Å². The van der Waals surface area contributed by atoms with E-state index in [2.05, 4.69) is 18.4 Å². The lowest BCUT2D eigenvalue weighted by Gasteiger charge is -2.09. The molecule has 0 fully saturated rings. The highest BCUT2D eigenvalue weighted by atomic mass is 16.5. The van der Waals surface area contributed by atoms with Gasteiger partial charge >= 0.3 is 5.97 Å².